The summed E-state index contributed by atoms with van der Waals surface area (Å²) in [6, 6.07) is 11.2. The van der Waals surface area contributed by atoms with Gasteiger partial charge in [0.25, 0.3) is 0 Å². The highest BCUT2D eigenvalue weighted by Crippen LogP contribution is 2.17. The van der Waals surface area contributed by atoms with Crippen molar-refractivity contribution in [3.8, 4) is 0 Å². The van der Waals surface area contributed by atoms with E-state index in [1.165, 1.54) is 11.3 Å². The van der Waals surface area contributed by atoms with Gasteiger partial charge in [0.15, 0.2) is 0 Å². The zero-order valence-electron chi connectivity index (χ0n) is 13.5. The number of hydrogen-bond donors (Lipinski definition) is 0. The van der Waals surface area contributed by atoms with E-state index in [-0.39, 0.29) is 0 Å². The SMILES string of the molecule is Cc1ncc(CN(CCc2ccccc2)C2CCOC2)n1C. The Balaban J connectivity index is 1.68. The Morgan fingerprint density at radius 2 is 2.14 bits per heavy atom. The van der Waals surface area contributed by atoms with Gasteiger partial charge in [-0.1, -0.05) is 30.3 Å². The van der Waals surface area contributed by atoms with Gasteiger partial charge in [-0.2, -0.15) is 0 Å². The summed E-state index contributed by atoms with van der Waals surface area (Å²) in [6.07, 6.45) is 4.21. The second-order valence-electron chi connectivity index (χ2n) is 6.08. The van der Waals surface area contributed by atoms with Crippen LogP contribution < -0.4 is 0 Å². The van der Waals surface area contributed by atoms with Gasteiger partial charge in [-0.15, -0.1) is 0 Å². The molecule has 0 radical (unpaired) electrons. The van der Waals surface area contributed by atoms with Crippen LogP contribution in [0.3, 0.4) is 0 Å². The zero-order chi connectivity index (χ0) is 15.4. The number of aryl methyl sites for hydroxylation is 1. The second kappa shape index (κ2) is 7.07. The molecule has 3 rings (SSSR count). The fraction of sp³-hybridized carbons (Fsp3) is 0.500. The van der Waals surface area contributed by atoms with Gasteiger partial charge >= 0.3 is 0 Å². The van der Waals surface area contributed by atoms with Gasteiger partial charge < -0.3 is 9.30 Å². The minimum absolute atomic E-state index is 0.527. The van der Waals surface area contributed by atoms with Crippen molar-refractivity contribution in [2.45, 2.75) is 32.4 Å². The third-order valence-corrected chi connectivity index (χ3v) is 4.63. The third kappa shape index (κ3) is 3.57. The molecular formula is C18H25N3O. The topological polar surface area (TPSA) is 30.3 Å². The molecule has 4 heteroatoms. The molecule has 0 bridgehead atoms. The van der Waals surface area contributed by atoms with Gasteiger partial charge in [0, 0.05) is 39.0 Å². The van der Waals surface area contributed by atoms with Crippen molar-refractivity contribution >= 4 is 0 Å². The van der Waals surface area contributed by atoms with Crippen LogP contribution in [-0.4, -0.2) is 40.3 Å². The monoisotopic (exact) mass is 299 g/mol. The van der Waals surface area contributed by atoms with Crippen LogP contribution in [-0.2, 0) is 24.8 Å². The highest BCUT2D eigenvalue weighted by molar-refractivity contribution is 5.15. The number of nitrogens with zero attached hydrogens (tertiary/aromatic N) is 3. The van der Waals surface area contributed by atoms with Crippen LogP contribution >= 0.6 is 0 Å². The fourth-order valence-electron chi connectivity index (χ4n) is 3.02. The summed E-state index contributed by atoms with van der Waals surface area (Å²) >= 11 is 0. The lowest BCUT2D eigenvalue weighted by atomic mass is 10.1. The maximum atomic E-state index is 5.60. The van der Waals surface area contributed by atoms with Crippen molar-refractivity contribution in [2.24, 2.45) is 7.05 Å². The van der Waals surface area contributed by atoms with Crippen molar-refractivity contribution in [2.75, 3.05) is 19.8 Å². The van der Waals surface area contributed by atoms with Crippen molar-refractivity contribution in [1.82, 2.24) is 14.5 Å². The lowest BCUT2D eigenvalue weighted by Gasteiger charge is -2.28. The number of hydrogen-bond acceptors (Lipinski definition) is 3. The Bertz CT molecular complexity index is 588. The van der Waals surface area contributed by atoms with Crippen molar-refractivity contribution in [3.05, 3.63) is 53.6 Å². The Hall–Kier alpha value is -1.65. The van der Waals surface area contributed by atoms with E-state index in [9.17, 15) is 0 Å². The quantitative estimate of drug-likeness (QED) is 0.821. The maximum absolute atomic E-state index is 5.60. The van der Waals surface area contributed by atoms with Crippen LogP contribution in [0.2, 0.25) is 0 Å². The smallest absolute Gasteiger partial charge is 0.105 e. The maximum Gasteiger partial charge on any atom is 0.105 e. The van der Waals surface area contributed by atoms with Gasteiger partial charge in [0.2, 0.25) is 0 Å². The molecule has 0 aliphatic carbocycles. The van der Waals surface area contributed by atoms with E-state index >= 15 is 0 Å². The first-order valence-electron chi connectivity index (χ1n) is 8.07. The Morgan fingerprint density at radius 3 is 2.77 bits per heavy atom. The van der Waals surface area contributed by atoms with Crippen molar-refractivity contribution in [1.29, 1.82) is 0 Å². The van der Waals surface area contributed by atoms with Gasteiger partial charge in [-0.25, -0.2) is 4.98 Å². The summed E-state index contributed by atoms with van der Waals surface area (Å²) in [5, 5.41) is 0. The molecule has 2 heterocycles. The van der Waals surface area contributed by atoms with Gasteiger partial charge in [-0.3, -0.25) is 4.90 Å². The first-order chi connectivity index (χ1) is 10.7. The molecular weight excluding hydrogens is 274 g/mol. The number of aromatic nitrogens is 2. The molecule has 1 fully saturated rings. The molecule has 0 N–H and O–H groups in total. The van der Waals surface area contributed by atoms with E-state index in [0.29, 0.717) is 6.04 Å². The second-order valence-corrected chi connectivity index (χ2v) is 6.08. The number of rotatable bonds is 6. The summed E-state index contributed by atoms with van der Waals surface area (Å²) in [4.78, 5) is 6.97. The molecule has 118 valence electrons. The predicted octanol–water partition coefficient (Wildman–Crippen LogP) is 2.56. The molecule has 1 unspecified atom stereocenters. The van der Waals surface area contributed by atoms with Crippen LogP contribution in [0.15, 0.2) is 36.5 Å². The summed E-state index contributed by atoms with van der Waals surface area (Å²) in [6.45, 7) is 5.79. The summed E-state index contributed by atoms with van der Waals surface area (Å²) < 4.78 is 7.78. The lowest BCUT2D eigenvalue weighted by molar-refractivity contribution is 0.138. The van der Waals surface area contributed by atoms with Crippen molar-refractivity contribution < 1.29 is 4.74 Å². The van der Waals surface area contributed by atoms with E-state index in [1.807, 2.05) is 6.20 Å². The molecule has 4 nitrogen and oxygen atoms in total. The van der Waals surface area contributed by atoms with E-state index in [4.69, 9.17) is 4.74 Å². The first-order valence-corrected chi connectivity index (χ1v) is 8.07. The molecule has 1 aromatic carbocycles. The first kappa shape index (κ1) is 15.3. The largest absolute Gasteiger partial charge is 0.380 e. The van der Waals surface area contributed by atoms with E-state index in [2.05, 4.69) is 58.8 Å². The molecule has 0 amide bonds. The molecule has 2 aromatic rings. The highest BCUT2D eigenvalue weighted by Gasteiger charge is 2.24. The molecule has 1 aromatic heterocycles. The number of benzene rings is 1. The molecule has 1 saturated heterocycles. The van der Waals surface area contributed by atoms with Crippen LogP contribution in [0.1, 0.15) is 23.5 Å². The summed E-state index contributed by atoms with van der Waals surface area (Å²) in [5.74, 6) is 1.07. The summed E-state index contributed by atoms with van der Waals surface area (Å²) in [7, 11) is 2.10. The molecule has 0 saturated carbocycles. The highest BCUT2D eigenvalue weighted by atomic mass is 16.5. The van der Waals surface area contributed by atoms with Crippen molar-refractivity contribution in [3.63, 3.8) is 0 Å². The average molecular weight is 299 g/mol. The fourth-order valence-corrected chi connectivity index (χ4v) is 3.02. The minimum Gasteiger partial charge on any atom is -0.380 e. The van der Waals surface area contributed by atoms with Gasteiger partial charge in [0.1, 0.15) is 5.82 Å². The Morgan fingerprint density at radius 1 is 1.32 bits per heavy atom. The van der Waals surface area contributed by atoms with Gasteiger partial charge in [-0.05, 0) is 25.3 Å². The zero-order valence-corrected chi connectivity index (χ0v) is 13.5. The van der Waals surface area contributed by atoms with E-state index in [0.717, 1.165) is 45.0 Å². The van der Waals surface area contributed by atoms with Crippen LogP contribution in [0, 0.1) is 6.92 Å². The Kier molecular flexibility index (Phi) is 4.90. The van der Waals surface area contributed by atoms with Crippen LogP contribution in [0.5, 0.6) is 0 Å². The predicted molar refractivity (Wildman–Crippen MR) is 87.7 cm³/mol. The average Bonchev–Trinajstić information content (AvgIpc) is 3.18. The molecule has 1 atom stereocenters. The normalized spacial score (nSPS) is 18.2. The van der Waals surface area contributed by atoms with Gasteiger partial charge in [0.05, 0.1) is 12.3 Å². The standard InChI is InChI=1S/C18H25N3O/c1-15-19-12-18(20(15)2)13-21(17-9-11-22-14-17)10-8-16-6-4-3-5-7-16/h3-7,12,17H,8-11,13-14H2,1-2H3. The molecule has 22 heavy (non-hydrogen) atoms. The van der Waals surface area contributed by atoms with Crippen LogP contribution in [0.25, 0.3) is 0 Å². The number of ether oxygens (including phenoxy) is 1. The van der Waals surface area contributed by atoms with E-state index < -0.39 is 0 Å². The molecule has 1 aliphatic rings. The van der Waals surface area contributed by atoms with E-state index in [1.54, 1.807) is 0 Å². The molecule has 0 spiro atoms. The Labute approximate surface area is 132 Å². The lowest BCUT2D eigenvalue weighted by Crippen LogP contribution is -2.37. The number of imidazole rings is 1. The summed E-state index contributed by atoms with van der Waals surface area (Å²) in [5.41, 5.74) is 2.67. The van der Waals surface area contributed by atoms with Crippen LogP contribution in [0.4, 0.5) is 0 Å². The third-order valence-electron chi connectivity index (χ3n) is 4.63. The minimum atomic E-state index is 0.527. The molecule has 1 aliphatic heterocycles.